The maximum atomic E-state index is 14.1. The van der Waals surface area contributed by atoms with Gasteiger partial charge in [0.25, 0.3) is 0 Å². The number of fused-ring (bicyclic) bond motifs is 1. The lowest BCUT2D eigenvalue weighted by Gasteiger charge is -2.07. The van der Waals surface area contributed by atoms with Gasteiger partial charge in [-0.2, -0.15) is 0 Å². The number of aromatic hydroxyl groups is 1. The molecule has 3 rings (SSSR count). The second-order valence-corrected chi connectivity index (χ2v) is 6.62. The zero-order valence-corrected chi connectivity index (χ0v) is 15.0. The Balaban J connectivity index is 2.30. The summed E-state index contributed by atoms with van der Waals surface area (Å²) in [5, 5.41) is 9.97. The Morgan fingerprint density at radius 3 is 2.65 bits per heavy atom. The number of alkyl halides is 1. The molecular weight excluding hydrogens is 431 g/mol. The summed E-state index contributed by atoms with van der Waals surface area (Å²) >= 11 is 6.32. The van der Waals surface area contributed by atoms with Gasteiger partial charge in [0.05, 0.1) is 17.3 Å². The van der Waals surface area contributed by atoms with Gasteiger partial charge in [0.2, 0.25) is 0 Å². The van der Waals surface area contributed by atoms with Crippen LogP contribution in [0.1, 0.15) is 37.5 Å². The van der Waals surface area contributed by atoms with Gasteiger partial charge in [-0.3, -0.25) is 4.79 Å². The quantitative estimate of drug-likeness (QED) is 0.510. The van der Waals surface area contributed by atoms with E-state index in [-0.39, 0.29) is 45.7 Å². The number of furan rings is 1. The minimum absolute atomic E-state index is 0.0402. The van der Waals surface area contributed by atoms with Gasteiger partial charge < -0.3 is 9.52 Å². The van der Waals surface area contributed by atoms with E-state index in [4.69, 9.17) is 7.16 Å². The summed E-state index contributed by atoms with van der Waals surface area (Å²) in [6.07, 6.45) is -1.57. The highest BCUT2D eigenvalue weighted by molar-refractivity contribution is 9.11. The molecule has 0 saturated heterocycles. The number of rotatable bonds is 3. The van der Waals surface area contributed by atoms with E-state index < -0.39 is 12.0 Å². The molecule has 0 saturated carbocycles. The van der Waals surface area contributed by atoms with Gasteiger partial charge in [-0.1, -0.05) is 18.2 Å². The Morgan fingerprint density at radius 2 is 2.04 bits per heavy atom. The van der Waals surface area contributed by atoms with Crippen LogP contribution in [0.3, 0.4) is 0 Å². The highest BCUT2D eigenvalue weighted by Gasteiger charge is 2.26. The van der Waals surface area contributed by atoms with E-state index in [0.29, 0.717) is 8.95 Å². The molecule has 1 heterocycles. The number of carbonyl (C=O) groups excluding carboxylic acids is 1. The molecule has 2 aromatic carbocycles. The molecule has 0 radical (unpaired) electrons. The standard InChI is InChI=1S/C17H11Br2FO3/c1-8(20)17-14(10-4-2-3-5-13(10)23-17)15(21)9-6-11(18)16(22)12(19)7-9/h2-8,22H,1H3/i3D,4D. The van der Waals surface area contributed by atoms with Crippen LogP contribution in [-0.2, 0) is 0 Å². The van der Waals surface area contributed by atoms with Crippen molar-refractivity contribution in [3.63, 3.8) is 0 Å². The largest absolute Gasteiger partial charge is 0.506 e. The fourth-order valence-corrected chi connectivity index (χ4v) is 3.48. The average Bonchev–Trinajstić information content (AvgIpc) is 2.91. The second kappa shape index (κ2) is 6.09. The fraction of sp³-hybridized carbons (Fsp3) is 0.118. The van der Waals surface area contributed by atoms with Crippen LogP contribution in [-0.4, -0.2) is 10.9 Å². The molecule has 0 aliphatic rings. The van der Waals surface area contributed by atoms with Crippen molar-refractivity contribution >= 4 is 48.6 Å². The minimum atomic E-state index is -1.57. The first-order valence-electron chi connectivity index (χ1n) is 7.61. The van der Waals surface area contributed by atoms with Crippen LogP contribution in [0.2, 0.25) is 0 Å². The Hall–Kier alpha value is -1.66. The number of benzene rings is 2. The number of phenols is 1. The number of ketones is 1. The SMILES string of the molecule is [2H]c1cc([2H])c2c(C(=O)c3cc(Br)c(O)c(Br)c3)c(C(C)F)oc2c1. The Bertz CT molecular complexity index is 992. The van der Waals surface area contributed by atoms with Gasteiger partial charge in [-0.25, -0.2) is 4.39 Å². The number of hydrogen-bond donors (Lipinski definition) is 1. The normalized spacial score (nSPS) is 13.7. The number of para-hydroxylation sites is 1. The predicted molar refractivity (Wildman–Crippen MR) is 92.7 cm³/mol. The molecule has 1 aromatic heterocycles. The van der Waals surface area contributed by atoms with Gasteiger partial charge in [0.15, 0.2) is 12.0 Å². The van der Waals surface area contributed by atoms with Gasteiger partial charge in [0.1, 0.15) is 17.1 Å². The first-order chi connectivity index (χ1) is 11.7. The molecule has 0 aliphatic carbocycles. The van der Waals surface area contributed by atoms with Crippen LogP contribution in [0.25, 0.3) is 11.0 Å². The van der Waals surface area contributed by atoms with Crippen LogP contribution < -0.4 is 0 Å². The number of phenolic OH excluding ortho intramolecular Hbond substituents is 1. The van der Waals surface area contributed by atoms with Gasteiger partial charge in [0, 0.05) is 10.9 Å². The van der Waals surface area contributed by atoms with Crippen LogP contribution in [0.5, 0.6) is 5.75 Å². The molecular formula is C17H11Br2FO3. The molecule has 0 amide bonds. The van der Waals surface area contributed by atoms with Gasteiger partial charge >= 0.3 is 0 Å². The van der Waals surface area contributed by atoms with E-state index in [9.17, 15) is 14.3 Å². The van der Waals surface area contributed by atoms with Crippen molar-refractivity contribution in [3.05, 3.63) is 62.2 Å². The Kier molecular flexibility index (Phi) is 3.64. The molecule has 118 valence electrons. The lowest BCUT2D eigenvalue weighted by molar-refractivity contribution is 0.103. The molecule has 6 heteroatoms. The molecule has 0 fully saturated rings. The summed E-state index contributed by atoms with van der Waals surface area (Å²) in [6, 6.07) is 5.40. The smallest absolute Gasteiger partial charge is 0.197 e. The first-order valence-corrected chi connectivity index (χ1v) is 8.19. The third-order valence-electron chi connectivity index (χ3n) is 3.34. The maximum absolute atomic E-state index is 14.1. The Morgan fingerprint density at radius 1 is 1.39 bits per heavy atom. The van der Waals surface area contributed by atoms with E-state index in [1.807, 2.05) is 0 Å². The third-order valence-corrected chi connectivity index (χ3v) is 4.55. The highest BCUT2D eigenvalue weighted by atomic mass is 79.9. The van der Waals surface area contributed by atoms with Gasteiger partial charge in [-0.05, 0) is 57.0 Å². The number of halogens is 3. The molecule has 3 aromatic rings. The molecule has 1 unspecified atom stereocenters. The highest BCUT2D eigenvalue weighted by Crippen LogP contribution is 2.37. The van der Waals surface area contributed by atoms with Crippen molar-refractivity contribution in [2.75, 3.05) is 0 Å². The molecule has 0 bridgehead atoms. The maximum Gasteiger partial charge on any atom is 0.197 e. The molecule has 3 nitrogen and oxygen atoms in total. The summed E-state index contributed by atoms with van der Waals surface area (Å²) in [5.41, 5.74) is 0.271. The molecule has 1 N–H and O–H groups in total. The fourth-order valence-electron chi connectivity index (χ4n) is 2.29. The predicted octanol–water partition coefficient (Wildman–Crippen LogP) is 5.92. The van der Waals surface area contributed by atoms with Crippen molar-refractivity contribution in [2.24, 2.45) is 0 Å². The van der Waals surface area contributed by atoms with E-state index in [0.717, 1.165) is 0 Å². The van der Waals surface area contributed by atoms with E-state index in [1.54, 1.807) is 0 Å². The lowest BCUT2D eigenvalue weighted by atomic mass is 9.99. The lowest BCUT2D eigenvalue weighted by Crippen LogP contribution is -2.04. The zero-order valence-electron chi connectivity index (χ0n) is 13.8. The summed E-state index contributed by atoms with van der Waals surface area (Å²) in [5.74, 6) is -0.780. The summed E-state index contributed by atoms with van der Waals surface area (Å²) in [7, 11) is 0. The third kappa shape index (κ3) is 2.81. The van der Waals surface area contributed by atoms with E-state index >= 15 is 0 Å². The summed E-state index contributed by atoms with van der Waals surface area (Å²) in [4.78, 5) is 13.0. The topological polar surface area (TPSA) is 50.4 Å². The molecule has 0 spiro atoms. The van der Waals surface area contributed by atoms with Crippen molar-refractivity contribution in [1.29, 1.82) is 0 Å². The van der Waals surface area contributed by atoms with Crippen molar-refractivity contribution in [1.82, 2.24) is 0 Å². The van der Waals surface area contributed by atoms with Crippen LogP contribution in [0.4, 0.5) is 4.39 Å². The van der Waals surface area contributed by atoms with Crippen molar-refractivity contribution < 1.29 is 21.5 Å². The number of hydrogen-bond acceptors (Lipinski definition) is 3. The van der Waals surface area contributed by atoms with Gasteiger partial charge in [-0.15, -0.1) is 0 Å². The average molecular weight is 444 g/mol. The second-order valence-electron chi connectivity index (χ2n) is 4.91. The van der Waals surface area contributed by atoms with Crippen molar-refractivity contribution in [2.45, 2.75) is 13.1 Å². The van der Waals surface area contributed by atoms with E-state index in [2.05, 4.69) is 31.9 Å². The van der Waals surface area contributed by atoms with Crippen molar-refractivity contribution in [3.8, 4) is 5.75 Å². The molecule has 1 atom stereocenters. The summed E-state index contributed by atoms with van der Waals surface area (Å²) in [6.45, 7) is 1.24. The first kappa shape index (κ1) is 13.7. The van der Waals surface area contributed by atoms with E-state index in [1.165, 1.54) is 31.2 Å². The summed E-state index contributed by atoms with van der Waals surface area (Å²) < 4.78 is 35.8. The molecule has 23 heavy (non-hydrogen) atoms. The van der Waals surface area contributed by atoms with Crippen LogP contribution >= 0.6 is 31.9 Å². The minimum Gasteiger partial charge on any atom is -0.506 e. The monoisotopic (exact) mass is 442 g/mol. The number of carbonyl (C=O) groups is 1. The Labute approximate surface area is 151 Å². The van der Waals surface area contributed by atoms with Crippen LogP contribution in [0, 0.1) is 0 Å². The molecule has 0 aliphatic heterocycles. The van der Waals surface area contributed by atoms with Crippen LogP contribution in [0.15, 0.2) is 49.7 Å². The zero-order chi connectivity index (χ0) is 18.5.